The molecule has 1 aromatic rings. The summed E-state index contributed by atoms with van der Waals surface area (Å²) in [5.41, 5.74) is 1.79. The number of nitrogens with zero attached hydrogens (tertiary/aromatic N) is 2. The number of nitrogens with two attached hydrogens (primary N) is 1. The molecule has 114 valence electrons. The van der Waals surface area contributed by atoms with Gasteiger partial charge in [0, 0.05) is 6.07 Å². The van der Waals surface area contributed by atoms with Gasteiger partial charge in [-0.2, -0.15) is 0 Å². The van der Waals surface area contributed by atoms with Gasteiger partial charge in [-0.1, -0.05) is 25.8 Å². The second-order valence-corrected chi connectivity index (χ2v) is 4.57. The summed E-state index contributed by atoms with van der Waals surface area (Å²) in [7, 11) is 0. The Hall–Kier alpha value is -2.55. The first kappa shape index (κ1) is 16.5. The van der Waals surface area contributed by atoms with Gasteiger partial charge in [-0.25, -0.2) is 4.79 Å². The van der Waals surface area contributed by atoms with E-state index in [1.54, 1.807) is 0 Å². The molecule has 1 aromatic carbocycles. The highest BCUT2D eigenvalue weighted by atomic mass is 16.6. The van der Waals surface area contributed by atoms with E-state index < -0.39 is 32.7 Å². The van der Waals surface area contributed by atoms with E-state index in [-0.39, 0.29) is 12.0 Å². The summed E-state index contributed by atoms with van der Waals surface area (Å²) in [4.78, 5) is 31.6. The Bertz CT molecular complexity index is 588. The van der Waals surface area contributed by atoms with E-state index in [1.807, 2.05) is 6.92 Å². The van der Waals surface area contributed by atoms with E-state index in [0.29, 0.717) is 12.8 Å². The van der Waals surface area contributed by atoms with Crippen molar-refractivity contribution >= 4 is 17.3 Å². The molecule has 3 N–H and O–H groups in total. The summed E-state index contributed by atoms with van der Waals surface area (Å²) in [5, 5.41) is 31.4. The summed E-state index contributed by atoms with van der Waals surface area (Å²) < 4.78 is 0. The Morgan fingerprint density at radius 3 is 2.38 bits per heavy atom. The topological polar surface area (TPSA) is 150 Å². The lowest BCUT2D eigenvalue weighted by Crippen LogP contribution is -2.45. The Morgan fingerprint density at radius 1 is 1.33 bits per heavy atom. The van der Waals surface area contributed by atoms with Gasteiger partial charge in [-0.15, -0.1) is 0 Å². The molecule has 0 fully saturated rings. The van der Waals surface area contributed by atoms with Crippen LogP contribution >= 0.6 is 0 Å². The van der Waals surface area contributed by atoms with Crippen LogP contribution < -0.4 is 5.73 Å². The maximum atomic E-state index is 11.5. The summed E-state index contributed by atoms with van der Waals surface area (Å²) in [6.45, 7) is 1.81. The molecule has 0 amide bonds. The van der Waals surface area contributed by atoms with Gasteiger partial charge in [-0.05, 0) is 12.5 Å². The fourth-order valence-electron chi connectivity index (χ4n) is 2.04. The number of benzene rings is 1. The maximum absolute atomic E-state index is 11.5. The predicted molar refractivity (Wildman–Crippen MR) is 72.8 cm³/mol. The third-order valence-electron chi connectivity index (χ3n) is 3.18. The molecule has 1 unspecified atom stereocenters. The lowest BCUT2D eigenvalue weighted by molar-refractivity contribution is -0.423. The zero-order chi connectivity index (χ0) is 16.2. The highest BCUT2D eigenvalue weighted by Gasteiger charge is 2.44. The Labute approximate surface area is 119 Å². The largest absolute Gasteiger partial charge is 0.480 e. The first-order chi connectivity index (χ1) is 9.75. The fourth-order valence-corrected chi connectivity index (χ4v) is 2.04. The molecule has 0 radical (unpaired) electrons. The van der Waals surface area contributed by atoms with Crippen molar-refractivity contribution in [3.63, 3.8) is 0 Å². The highest BCUT2D eigenvalue weighted by molar-refractivity contribution is 5.83. The predicted octanol–water partition coefficient (Wildman–Crippen LogP) is 1.93. The van der Waals surface area contributed by atoms with Crippen molar-refractivity contribution in [1.82, 2.24) is 0 Å². The molecule has 0 aliphatic heterocycles. The number of rotatable bonds is 7. The van der Waals surface area contributed by atoms with Crippen LogP contribution in [0.1, 0.15) is 31.7 Å². The van der Waals surface area contributed by atoms with Crippen molar-refractivity contribution < 1.29 is 19.7 Å². The molecular formula is C12H15N3O6. The van der Waals surface area contributed by atoms with Gasteiger partial charge < -0.3 is 10.8 Å². The van der Waals surface area contributed by atoms with Crippen molar-refractivity contribution in [1.29, 1.82) is 0 Å². The van der Waals surface area contributed by atoms with Crippen LogP contribution in [0.2, 0.25) is 0 Å². The minimum atomic E-state index is -2.04. The van der Waals surface area contributed by atoms with Crippen molar-refractivity contribution in [2.24, 2.45) is 5.73 Å². The third kappa shape index (κ3) is 3.14. The average Bonchev–Trinajstić information content (AvgIpc) is 2.43. The first-order valence-corrected chi connectivity index (χ1v) is 6.20. The van der Waals surface area contributed by atoms with Crippen LogP contribution in [0, 0.1) is 20.2 Å². The molecule has 1 rings (SSSR count). The van der Waals surface area contributed by atoms with Crippen LogP contribution in [0.3, 0.4) is 0 Å². The molecular weight excluding hydrogens is 282 g/mol. The zero-order valence-corrected chi connectivity index (χ0v) is 11.3. The number of nitro benzene ring substituents is 2. The Morgan fingerprint density at radius 2 is 1.95 bits per heavy atom. The number of unbranched alkanes of at least 4 members (excludes halogenated alkanes) is 1. The monoisotopic (exact) mass is 297 g/mol. The number of nitro groups is 2. The second kappa shape index (κ2) is 6.27. The molecule has 21 heavy (non-hydrogen) atoms. The van der Waals surface area contributed by atoms with Crippen LogP contribution in [-0.2, 0) is 10.3 Å². The Balaban J connectivity index is 3.59. The van der Waals surface area contributed by atoms with Crippen molar-refractivity contribution in [2.45, 2.75) is 31.7 Å². The number of para-hydroxylation sites is 1. The number of hydrogen-bond donors (Lipinski definition) is 2. The normalized spacial score (nSPS) is 13.4. The zero-order valence-electron chi connectivity index (χ0n) is 11.3. The minimum absolute atomic E-state index is 0.0547. The molecule has 0 aliphatic rings. The maximum Gasteiger partial charge on any atom is 0.351 e. The standard InChI is InChI=1S/C12H15N3O6/c1-2-3-7-12(13,11(16)17)8-5-4-6-9(14(18)19)10(8)15(20)21/h4-6H,2-3,7,13H2,1H3,(H,16,17). The summed E-state index contributed by atoms with van der Waals surface area (Å²) in [5.74, 6) is -1.46. The van der Waals surface area contributed by atoms with E-state index in [2.05, 4.69) is 0 Å². The van der Waals surface area contributed by atoms with Crippen LogP contribution in [0.4, 0.5) is 11.4 Å². The summed E-state index contributed by atoms with van der Waals surface area (Å²) in [6, 6.07) is 3.29. The molecule has 0 spiro atoms. The number of aliphatic carboxylic acids is 1. The third-order valence-corrected chi connectivity index (χ3v) is 3.18. The second-order valence-electron chi connectivity index (χ2n) is 4.57. The van der Waals surface area contributed by atoms with E-state index in [0.717, 1.165) is 12.1 Å². The van der Waals surface area contributed by atoms with Gasteiger partial charge in [0.05, 0.1) is 15.4 Å². The number of carboxylic acids is 1. The first-order valence-electron chi connectivity index (χ1n) is 6.20. The summed E-state index contributed by atoms with van der Waals surface area (Å²) >= 11 is 0. The fraction of sp³-hybridized carbons (Fsp3) is 0.417. The molecule has 0 saturated heterocycles. The van der Waals surface area contributed by atoms with Gasteiger partial charge in [0.1, 0.15) is 5.54 Å². The molecule has 0 aromatic heterocycles. The summed E-state index contributed by atoms with van der Waals surface area (Å²) in [6.07, 6.45) is 0.998. The SMILES string of the molecule is CCCCC(N)(C(=O)O)c1cccc([N+](=O)[O-])c1[N+](=O)[O-]. The lowest BCUT2D eigenvalue weighted by atomic mass is 9.84. The van der Waals surface area contributed by atoms with Crippen LogP contribution in [0.5, 0.6) is 0 Å². The van der Waals surface area contributed by atoms with Crippen LogP contribution in [0.25, 0.3) is 0 Å². The van der Waals surface area contributed by atoms with Crippen molar-refractivity contribution in [2.75, 3.05) is 0 Å². The van der Waals surface area contributed by atoms with Gasteiger partial charge in [0.2, 0.25) is 0 Å². The van der Waals surface area contributed by atoms with E-state index in [9.17, 15) is 30.1 Å². The van der Waals surface area contributed by atoms with Crippen molar-refractivity contribution in [3.8, 4) is 0 Å². The van der Waals surface area contributed by atoms with E-state index in [1.165, 1.54) is 6.07 Å². The van der Waals surface area contributed by atoms with Gasteiger partial charge in [0.25, 0.3) is 0 Å². The lowest BCUT2D eigenvalue weighted by Gasteiger charge is -2.24. The highest BCUT2D eigenvalue weighted by Crippen LogP contribution is 2.38. The van der Waals surface area contributed by atoms with Gasteiger partial charge in [0.15, 0.2) is 0 Å². The minimum Gasteiger partial charge on any atom is -0.480 e. The van der Waals surface area contributed by atoms with Crippen LogP contribution in [-0.4, -0.2) is 20.9 Å². The average molecular weight is 297 g/mol. The molecule has 0 heterocycles. The molecule has 9 nitrogen and oxygen atoms in total. The molecule has 0 aliphatic carbocycles. The van der Waals surface area contributed by atoms with Gasteiger partial charge >= 0.3 is 17.3 Å². The Kier molecular flexibility index (Phi) is 4.93. The molecule has 1 atom stereocenters. The van der Waals surface area contributed by atoms with Crippen LogP contribution in [0.15, 0.2) is 18.2 Å². The number of hydrogen-bond acceptors (Lipinski definition) is 6. The number of carbonyl (C=O) groups is 1. The van der Waals surface area contributed by atoms with E-state index in [4.69, 9.17) is 5.73 Å². The molecule has 0 saturated carbocycles. The van der Waals surface area contributed by atoms with Crippen molar-refractivity contribution in [3.05, 3.63) is 44.0 Å². The smallest absolute Gasteiger partial charge is 0.351 e. The van der Waals surface area contributed by atoms with Gasteiger partial charge in [-0.3, -0.25) is 20.2 Å². The van der Waals surface area contributed by atoms with E-state index >= 15 is 0 Å². The quantitative estimate of drug-likeness (QED) is 0.576. The molecule has 9 heteroatoms. The molecule has 0 bridgehead atoms. The number of carboxylic acid groups (broad SMARTS) is 1.